The number of carbonyl (C=O) groups is 1. The molecule has 0 spiro atoms. The molecular weight excluding hydrogens is 352 g/mol. The van der Waals surface area contributed by atoms with Crippen LogP contribution in [0.5, 0.6) is 5.75 Å². The molecule has 0 radical (unpaired) electrons. The third-order valence-electron chi connectivity index (χ3n) is 3.64. The fourth-order valence-corrected chi connectivity index (χ4v) is 2.52. The molecule has 1 heterocycles. The third-order valence-corrected chi connectivity index (χ3v) is 4.01. The van der Waals surface area contributed by atoms with Gasteiger partial charge in [0.25, 0.3) is 5.91 Å². The summed E-state index contributed by atoms with van der Waals surface area (Å²) in [6.07, 6.45) is 1.52. The van der Waals surface area contributed by atoms with Crippen LogP contribution in [-0.2, 0) is 6.54 Å². The zero-order chi connectivity index (χ0) is 18.4. The largest absolute Gasteiger partial charge is 0.495 e. The Bertz CT molecular complexity index is 917. The average molecular weight is 369 g/mol. The number of aromatic nitrogens is 2. The lowest BCUT2D eigenvalue weighted by molar-refractivity contribution is 0.0946. The van der Waals surface area contributed by atoms with Gasteiger partial charge in [-0.1, -0.05) is 41.9 Å². The van der Waals surface area contributed by atoms with Crippen molar-refractivity contribution in [2.24, 2.45) is 0 Å². The molecule has 0 atom stereocenters. The van der Waals surface area contributed by atoms with E-state index in [0.29, 0.717) is 29.0 Å². The second-order valence-electron chi connectivity index (χ2n) is 5.36. The number of halogens is 1. The third kappa shape index (κ3) is 4.29. The van der Waals surface area contributed by atoms with E-state index in [2.05, 4.69) is 20.6 Å². The summed E-state index contributed by atoms with van der Waals surface area (Å²) < 4.78 is 5.28. The predicted octanol–water partition coefficient (Wildman–Crippen LogP) is 3.81. The number of benzene rings is 2. The molecule has 1 aromatic heterocycles. The first kappa shape index (κ1) is 17.7. The molecule has 3 aromatic rings. The summed E-state index contributed by atoms with van der Waals surface area (Å²) in [4.78, 5) is 20.8. The molecule has 6 nitrogen and oxygen atoms in total. The van der Waals surface area contributed by atoms with E-state index in [1.807, 2.05) is 42.5 Å². The van der Waals surface area contributed by atoms with Gasteiger partial charge in [0.05, 0.1) is 12.8 Å². The van der Waals surface area contributed by atoms with Crippen LogP contribution in [0.25, 0.3) is 0 Å². The fraction of sp³-hybridized carbons (Fsp3) is 0.105. The average Bonchev–Trinajstić information content (AvgIpc) is 2.68. The quantitative estimate of drug-likeness (QED) is 0.691. The number of rotatable bonds is 6. The molecule has 0 bridgehead atoms. The predicted molar refractivity (Wildman–Crippen MR) is 101 cm³/mol. The lowest BCUT2D eigenvalue weighted by Crippen LogP contribution is -2.24. The van der Waals surface area contributed by atoms with Gasteiger partial charge in [0.15, 0.2) is 0 Å². The Balaban J connectivity index is 1.70. The number of para-hydroxylation sites is 2. The van der Waals surface area contributed by atoms with Crippen LogP contribution in [-0.4, -0.2) is 23.0 Å². The molecule has 0 saturated carbocycles. The van der Waals surface area contributed by atoms with E-state index in [4.69, 9.17) is 16.3 Å². The summed E-state index contributed by atoms with van der Waals surface area (Å²) in [5, 5.41) is 6.46. The highest BCUT2D eigenvalue weighted by Crippen LogP contribution is 2.25. The maximum absolute atomic E-state index is 12.4. The lowest BCUT2D eigenvalue weighted by Gasteiger charge is -2.10. The first-order valence-corrected chi connectivity index (χ1v) is 8.30. The van der Waals surface area contributed by atoms with Crippen LogP contribution in [0.3, 0.4) is 0 Å². The number of anilines is 2. The molecule has 0 aliphatic heterocycles. The van der Waals surface area contributed by atoms with Crippen LogP contribution in [0, 0.1) is 0 Å². The summed E-state index contributed by atoms with van der Waals surface area (Å²) in [6, 6.07) is 16.3. The van der Waals surface area contributed by atoms with Crippen molar-refractivity contribution in [1.82, 2.24) is 15.3 Å². The van der Waals surface area contributed by atoms with Crippen LogP contribution < -0.4 is 15.4 Å². The number of nitrogens with one attached hydrogen (secondary N) is 2. The highest BCUT2D eigenvalue weighted by Gasteiger charge is 2.11. The van der Waals surface area contributed by atoms with Crippen molar-refractivity contribution in [1.29, 1.82) is 0 Å². The monoisotopic (exact) mass is 368 g/mol. The molecule has 132 valence electrons. The highest BCUT2D eigenvalue weighted by atomic mass is 35.5. The molecule has 2 N–H and O–H groups in total. The Labute approximate surface area is 156 Å². The van der Waals surface area contributed by atoms with Gasteiger partial charge >= 0.3 is 0 Å². The normalized spacial score (nSPS) is 10.2. The van der Waals surface area contributed by atoms with Gasteiger partial charge in [0.2, 0.25) is 5.95 Å². The van der Waals surface area contributed by atoms with Crippen LogP contribution >= 0.6 is 11.6 Å². The summed E-state index contributed by atoms with van der Waals surface area (Å²) in [5.41, 5.74) is 1.80. The number of hydrogen-bond donors (Lipinski definition) is 2. The van der Waals surface area contributed by atoms with Crippen molar-refractivity contribution in [3.05, 3.63) is 77.1 Å². The number of hydrogen-bond acceptors (Lipinski definition) is 5. The van der Waals surface area contributed by atoms with E-state index in [1.54, 1.807) is 19.2 Å². The van der Waals surface area contributed by atoms with Gasteiger partial charge in [-0.25, -0.2) is 9.97 Å². The molecule has 2 aromatic carbocycles. The van der Waals surface area contributed by atoms with Gasteiger partial charge in [-0.05, 0) is 29.8 Å². The van der Waals surface area contributed by atoms with Crippen LogP contribution in [0.2, 0.25) is 5.02 Å². The van der Waals surface area contributed by atoms with Crippen molar-refractivity contribution in [2.75, 3.05) is 12.4 Å². The van der Waals surface area contributed by atoms with Crippen molar-refractivity contribution in [3.8, 4) is 5.75 Å². The highest BCUT2D eigenvalue weighted by molar-refractivity contribution is 6.31. The maximum Gasteiger partial charge on any atom is 0.270 e. The second-order valence-corrected chi connectivity index (χ2v) is 5.77. The van der Waals surface area contributed by atoms with Gasteiger partial charge in [-0.15, -0.1) is 0 Å². The van der Waals surface area contributed by atoms with Crippen molar-refractivity contribution < 1.29 is 9.53 Å². The van der Waals surface area contributed by atoms with Gasteiger partial charge in [0.1, 0.15) is 11.4 Å². The molecule has 0 fully saturated rings. The molecule has 0 saturated heterocycles. The Morgan fingerprint density at radius 3 is 2.69 bits per heavy atom. The number of methoxy groups -OCH3 is 1. The first-order valence-electron chi connectivity index (χ1n) is 7.92. The molecule has 0 unspecified atom stereocenters. The maximum atomic E-state index is 12.4. The SMILES string of the molecule is COc1ccccc1Nc1nccc(C(=O)NCc2ccccc2Cl)n1. The fourth-order valence-electron chi connectivity index (χ4n) is 2.32. The minimum absolute atomic E-state index is 0.254. The molecule has 0 aliphatic rings. The van der Waals surface area contributed by atoms with Crippen molar-refractivity contribution in [2.45, 2.75) is 6.54 Å². The Hall–Kier alpha value is -3.12. The number of carbonyl (C=O) groups excluding carboxylic acids is 1. The molecule has 0 aliphatic carbocycles. The molecular formula is C19H17ClN4O2. The van der Waals surface area contributed by atoms with Crippen molar-refractivity contribution in [3.63, 3.8) is 0 Å². The number of nitrogens with zero attached hydrogens (tertiary/aromatic N) is 2. The molecule has 3 rings (SSSR count). The summed E-state index contributed by atoms with van der Waals surface area (Å²) in [5.74, 6) is 0.653. The lowest BCUT2D eigenvalue weighted by atomic mass is 10.2. The number of amides is 1. The van der Waals surface area contributed by atoms with Gasteiger partial charge in [-0.3, -0.25) is 4.79 Å². The standard InChI is InChI=1S/C19H17ClN4O2/c1-26-17-9-5-4-8-15(17)23-19-21-11-10-16(24-19)18(25)22-12-13-6-2-3-7-14(13)20/h2-11H,12H2,1H3,(H,22,25)(H,21,23,24). The first-order chi connectivity index (χ1) is 12.7. The van der Waals surface area contributed by atoms with E-state index in [-0.39, 0.29) is 11.6 Å². The zero-order valence-electron chi connectivity index (χ0n) is 14.1. The smallest absolute Gasteiger partial charge is 0.270 e. The van der Waals surface area contributed by atoms with Gasteiger partial charge in [-0.2, -0.15) is 0 Å². The number of ether oxygens (including phenoxy) is 1. The Kier molecular flexibility index (Phi) is 5.66. The van der Waals surface area contributed by atoms with Gasteiger partial charge < -0.3 is 15.4 Å². The summed E-state index contributed by atoms with van der Waals surface area (Å²) in [7, 11) is 1.58. The molecule has 7 heteroatoms. The van der Waals surface area contributed by atoms with Crippen LogP contribution in [0.15, 0.2) is 60.8 Å². The van der Waals surface area contributed by atoms with Crippen molar-refractivity contribution >= 4 is 29.1 Å². The van der Waals surface area contributed by atoms with E-state index >= 15 is 0 Å². The van der Waals surface area contributed by atoms with Crippen LogP contribution in [0.1, 0.15) is 16.1 Å². The molecule has 1 amide bonds. The Morgan fingerprint density at radius 1 is 1.12 bits per heavy atom. The minimum atomic E-state index is -0.310. The summed E-state index contributed by atoms with van der Waals surface area (Å²) in [6.45, 7) is 0.317. The van der Waals surface area contributed by atoms with Crippen LogP contribution in [0.4, 0.5) is 11.6 Å². The van der Waals surface area contributed by atoms with E-state index in [1.165, 1.54) is 6.20 Å². The van der Waals surface area contributed by atoms with Gasteiger partial charge in [0, 0.05) is 17.8 Å². The zero-order valence-corrected chi connectivity index (χ0v) is 14.8. The second kappa shape index (κ2) is 8.31. The minimum Gasteiger partial charge on any atom is -0.495 e. The topological polar surface area (TPSA) is 76.1 Å². The van der Waals surface area contributed by atoms with E-state index < -0.39 is 0 Å². The molecule has 26 heavy (non-hydrogen) atoms. The van der Waals surface area contributed by atoms with E-state index in [0.717, 1.165) is 5.56 Å². The Morgan fingerprint density at radius 2 is 1.88 bits per heavy atom. The summed E-state index contributed by atoms with van der Waals surface area (Å²) >= 11 is 6.10. The van der Waals surface area contributed by atoms with E-state index in [9.17, 15) is 4.79 Å².